The van der Waals surface area contributed by atoms with Gasteiger partial charge in [-0.2, -0.15) is 8.42 Å². The molecule has 0 radical (unpaired) electrons. The van der Waals surface area contributed by atoms with Crippen molar-refractivity contribution in [2.45, 2.75) is 23.6 Å². The first-order chi connectivity index (χ1) is 13.9. The van der Waals surface area contributed by atoms with Crippen LogP contribution in [0.1, 0.15) is 16.7 Å². The van der Waals surface area contributed by atoms with E-state index in [1.165, 1.54) is 0 Å². The summed E-state index contributed by atoms with van der Waals surface area (Å²) in [7, 11) is -3.12. The van der Waals surface area contributed by atoms with Crippen molar-refractivity contribution < 1.29 is 13.2 Å². The molecule has 3 aromatic rings. The predicted octanol–water partition coefficient (Wildman–Crippen LogP) is 5.53. The van der Waals surface area contributed by atoms with Crippen LogP contribution in [0.2, 0.25) is 0 Å². The van der Waals surface area contributed by atoms with E-state index in [0.717, 1.165) is 27.3 Å². The Morgan fingerprint density at radius 3 is 1.93 bits per heavy atom. The van der Waals surface area contributed by atoms with Gasteiger partial charge in [-0.15, -0.1) is 3.77 Å². The first kappa shape index (κ1) is 21.0. The third-order valence-corrected chi connectivity index (χ3v) is 7.71. The van der Waals surface area contributed by atoms with Gasteiger partial charge in [0.1, 0.15) is 5.75 Å². The van der Waals surface area contributed by atoms with E-state index in [-0.39, 0.29) is 4.90 Å². The largest absolute Gasteiger partial charge is 0.497 e. The second kappa shape index (κ2) is 9.20. The molecule has 0 amide bonds. The van der Waals surface area contributed by atoms with Crippen LogP contribution in [0.25, 0.3) is 6.08 Å². The maximum Gasteiger partial charge on any atom is 0.288 e. The molecule has 150 valence electrons. The maximum atomic E-state index is 12.9. The van der Waals surface area contributed by atoms with Crippen molar-refractivity contribution >= 4 is 26.8 Å². The second-order valence-electron chi connectivity index (χ2n) is 6.57. The molecule has 0 spiro atoms. The second-order valence-corrected chi connectivity index (χ2v) is 9.96. The van der Waals surface area contributed by atoms with Crippen LogP contribution < -0.4 is 4.74 Å². The molecule has 0 aromatic heterocycles. The maximum absolute atomic E-state index is 12.9. The summed E-state index contributed by atoms with van der Waals surface area (Å²) in [6.45, 7) is 3.91. The third-order valence-electron chi connectivity index (χ3n) is 4.26. The Kier molecular flexibility index (Phi) is 6.67. The van der Waals surface area contributed by atoms with Crippen LogP contribution in [0.5, 0.6) is 5.75 Å². The van der Waals surface area contributed by atoms with Crippen LogP contribution >= 0.6 is 0 Å². The highest BCUT2D eigenvalue weighted by atomic mass is 32.3. The fraction of sp³-hybridized carbons (Fsp3) is 0.130. The highest BCUT2D eigenvalue weighted by Gasteiger charge is 2.14. The molecule has 1 atom stereocenters. The number of methoxy groups -OCH3 is 1. The Balaban J connectivity index is 2.02. The van der Waals surface area contributed by atoms with Crippen molar-refractivity contribution in [1.29, 1.82) is 0 Å². The molecule has 3 aromatic carbocycles. The van der Waals surface area contributed by atoms with E-state index < -0.39 is 20.7 Å². The van der Waals surface area contributed by atoms with Crippen molar-refractivity contribution in [3.63, 3.8) is 0 Å². The molecule has 0 saturated heterocycles. The summed E-state index contributed by atoms with van der Waals surface area (Å²) in [5.41, 5.74) is 3.05. The minimum Gasteiger partial charge on any atom is -0.497 e. The van der Waals surface area contributed by atoms with Crippen LogP contribution in [0.15, 0.2) is 91.8 Å². The Labute approximate surface area is 175 Å². The summed E-state index contributed by atoms with van der Waals surface area (Å²) >= 11 is 0. The molecule has 0 unspecified atom stereocenters. The average Bonchev–Trinajstić information content (AvgIpc) is 2.72. The number of ether oxygens (including phenoxy) is 1. The number of hydrogen-bond acceptors (Lipinski definition) is 3. The molecule has 0 heterocycles. The van der Waals surface area contributed by atoms with E-state index in [1.807, 2.05) is 73.9 Å². The molecular weight excluding hydrogens is 402 g/mol. The van der Waals surface area contributed by atoms with Crippen LogP contribution in [0.3, 0.4) is 0 Å². The monoisotopic (exact) mass is 425 g/mol. The number of nitrogens with zero attached hydrogens (tertiary/aromatic N) is 1. The Bertz CT molecular complexity index is 1130. The molecule has 0 bridgehead atoms. The van der Waals surface area contributed by atoms with Gasteiger partial charge in [-0.25, -0.2) is 0 Å². The van der Waals surface area contributed by atoms with Crippen LogP contribution in [0.4, 0.5) is 0 Å². The lowest BCUT2D eigenvalue weighted by Gasteiger charge is -2.06. The molecule has 0 saturated carbocycles. The van der Waals surface area contributed by atoms with Crippen LogP contribution in [-0.4, -0.2) is 15.5 Å². The SMILES string of the molecule is COc1ccc(/C=C\[S@@](=N/S(=O)(=O)c2ccc(C)cc2)c2ccc(C)cc2)cc1. The van der Waals surface area contributed by atoms with Gasteiger partial charge in [0.25, 0.3) is 10.0 Å². The fourth-order valence-corrected chi connectivity index (χ4v) is 5.61. The first-order valence-electron chi connectivity index (χ1n) is 9.04. The summed E-state index contributed by atoms with van der Waals surface area (Å²) in [4.78, 5) is 1.04. The minimum atomic E-state index is -3.78. The Hall–Kier alpha value is -2.70. The molecule has 0 aliphatic rings. The zero-order valence-corrected chi connectivity index (χ0v) is 18.2. The minimum absolute atomic E-state index is 0.200. The van der Waals surface area contributed by atoms with Gasteiger partial charge in [-0.05, 0) is 78.0 Å². The van der Waals surface area contributed by atoms with Gasteiger partial charge in [0.15, 0.2) is 0 Å². The predicted molar refractivity (Wildman–Crippen MR) is 120 cm³/mol. The number of hydrogen-bond donors (Lipinski definition) is 0. The van der Waals surface area contributed by atoms with Gasteiger partial charge < -0.3 is 4.74 Å². The normalized spacial score (nSPS) is 12.9. The summed E-state index contributed by atoms with van der Waals surface area (Å²) in [5.74, 6) is 0.770. The molecular formula is C23H23NO3S2. The molecule has 0 aliphatic carbocycles. The van der Waals surface area contributed by atoms with Crippen LogP contribution in [0, 0.1) is 13.8 Å². The zero-order chi connectivity index (χ0) is 20.9. The lowest BCUT2D eigenvalue weighted by Crippen LogP contribution is -2.00. The van der Waals surface area contributed by atoms with Crippen molar-refractivity contribution in [3.8, 4) is 5.75 Å². The summed E-state index contributed by atoms with van der Waals surface area (Å²) in [5, 5.41) is 1.83. The average molecular weight is 426 g/mol. The third kappa shape index (κ3) is 5.65. The van der Waals surface area contributed by atoms with Crippen molar-refractivity contribution in [2.75, 3.05) is 7.11 Å². The molecule has 4 nitrogen and oxygen atoms in total. The molecule has 29 heavy (non-hydrogen) atoms. The van der Waals surface area contributed by atoms with E-state index in [9.17, 15) is 8.42 Å². The standard InChI is InChI=1S/C23H23NO3S2/c1-18-4-12-22(13-5-18)28(17-16-20-8-10-21(27-3)11-9-20)24-29(25,26)23-14-6-19(2)7-15-23/h4-17H,1-3H3/b17-16-/t28-/m1/s1. The van der Waals surface area contributed by atoms with Gasteiger partial charge in [0.2, 0.25) is 0 Å². The molecule has 0 fully saturated rings. The number of rotatable bonds is 6. The number of benzene rings is 3. The van der Waals surface area contributed by atoms with E-state index in [4.69, 9.17) is 4.74 Å². The summed E-state index contributed by atoms with van der Waals surface area (Å²) < 4.78 is 35.2. The molecule has 6 heteroatoms. The Morgan fingerprint density at radius 1 is 0.828 bits per heavy atom. The van der Waals surface area contributed by atoms with Gasteiger partial charge >= 0.3 is 0 Å². The van der Waals surface area contributed by atoms with E-state index in [2.05, 4.69) is 3.77 Å². The van der Waals surface area contributed by atoms with Crippen molar-refractivity contribution in [3.05, 3.63) is 94.9 Å². The molecule has 0 aliphatic heterocycles. The lowest BCUT2D eigenvalue weighted by atomic mass is 10.2. The number of aryl methyl sites for hydroxylation is 2. The highest BCUT2D eigenvalue weighted by Crippen LogP contribution is 2.20. The lowest BCUT2D eigenvalue weighted by molar-refractivity contribution is 0.415. The van der Waals surface area contributed by atoms with Crippen molar-refractivity contribution in [2.24, 2.45) is 3.77 Å². The smallest absolute Gasteiger partial charge is 0.288 e. The van der Waals surface area contributed by atoms with Gasteiger partial charge in [0, 0.05) is 4.90 Å². The zero-order valence-electron chi connectivity index (χ0n) is 16.6. The highest BCUT2D eigenvalue weighted by molar-refractivity contribution is 8.01. The first-order valence-corrected chi connectivity index (χ1v) is 11.7. The quantitative estimate of drug-likeness (QED) is 0.521. The van der Waals surface area contributed by atoms with E-state index in [0.29, 0.717) is 0 Å². The van der Waals surface area contributed by atoms with Crippen LogP contribution in [-0.2, 0) is 20.7 Å². The van der Waals surface area contributed by atoms with E-state index >= 15 is 0 Å². The fourth-order valence-electron chi connectivity index (χ4n) is 2.54. The molecule has 3 rings (SSSR count). The molecule has 0 N–H and O–H groups in total. The number of sulfonamides is 1. The topological polar surface area (TPSA) is 55.7 Å². The van der Waals surface area contributed by atoms with Gasteiger partial charge in [0.05, 0.1) is 12.0 Å². The van der Waals surface area contributed by atoms with Gasteiger partial charge in [-0.1, -0.05) is 47.5 Å². The Morgan fingerprint density at radius 2 is 1.38 bits per heavy atom. The summed E-state index contributed by atoms with van der Waals surface area (Å²) in [6, 6.07) is 22.1. The summed E-state index contributed by atoms with van der Waals surface area (Å²) in [6.07, 6.45) is 1.89. The van der Waals surface area contributed by atoms with Gasteiger partial charge in [-0.3, -0.25) is 0 Å². The van der Waals surface area contributed by atoms with Crippen molar-refractivity contribution in [1.82, 2.24) is 0 Å². The van der Waals surface area contributed by atoms with E-state index in [1.54, 1.807) is 31.4 Å².